The summed E-state index contributed by atoms with van der Waals surface area (Å²) in [4.78, 5) is 25.9. The molecule has 0 saturated carbocycles. The SMILES string of the molecule is CCOc1ccccc1NC(=O)CCN(Cc1ccccc1C)C(C)=O. The van der Waals surface area contributed by atoms with Gasteiger partial charge in [-0.3, -0.25) is 9.59 Å². The first-order valence-electron chi connectivity index (χ1n) is 8.83. The highest BCUT2D eigenvalue weighted by Crippen LogP contribution is 2.23. The second kappa shape index (κ2) is 9.61. The first-order valence-corrected chi connectivity index (χ1v) is 8.83. The number of anilines is 1. The number of carbonyl (C=O) groups is 2. The van der Waals surface area contributed by atoms with Crippen molar-refractivity contribution in [2.45, 2.75) is 33.7 Å². The molecule has 0 saturated heterocycles. The van der Waals surface area contributed by atoms with Crippen molar-refractivity contribution in [3.63, 3.8) is 0 Å². The molecule has 0 heterocycles. The van der Waals surface area contributed by atoms with Crippen molar-refractivity contribution < 1.29 is 14.3 Å². The smallest absolute Gasteiger partial charge is 0.226 e. The van der Waals surface area contributed by atoms with Crippen LogP contribution in [0.5, 0.6) is 5.75 Å². The summed E-state index contributed by atoms with van der Waals surface area (Å²) < 4.78 is 5.51. The Balaban J connectivity index is 1.95. The van der Waals surface area contributed by atoms with Crippen LogP contribution < -0.4 is 10.1 Å². The number of hydrogen-bond donors (Lipinski definition) is 1. The van der Waals surface area contributed by atoms with E-state index < -0.39 is 0 Å². The van der Waals surface area contributed by atoms with Crippen LogP contribution in [0.1, 0.15) is 31.4 Å². The number of ether oxygens (including phenoxy) is 1. The van der Waals surface area contributed by atoms with Gasteiger partial charge >= 0.3 is 0 Å². The first kappa shape index (κ1) is 19.5. The van der Waals surface area contributed by atoms with Gasteiger partial charge in [0.15, 0.2) is 0 Å². The van der Waals surface area contributed by atoms with E-state index in [1.165, 1.54) is 6.92 Å². The summed E-state index contributed by atoms with van der Waals surface area (Å²) in [7, 11) is 0. The van der Waals surface area contributed by atoms with Gasteiger partial charge < -0.3 is 15.0 Å². The Morgan fingerprint density at radius 2 is 1.77 bits per heavy atom. The third kappa shape index (κ3) is 5.62. The lowest BCUT2D eigenvalue weighted by Gasteiger charge is -2.22. The van der Waals surface area contributed by atoms with E-state index in [1.54, 1.807) is 11.0 Å². The maximum absolute atomic E-state index is 12.3. The van der Waals surface area contributed by atoms with Gasteiger partial charge in [-0.05, 0) is 37.1 Å². The second-order valence-corrected chi connectivity index (χ2v) is 6.09. The van der Waals surface area contributed by atoms with Crippen molar-refractivity contribution in [1.82, 2.24) is 4.90 Å². The Labute approximate surface area is 155 Å². The van der Waals surface area contributed by atoms with Gasteiger partial charge in [0.05, 0.1) is 12.3 Å². The van der Waals surface area contributed by atoms with Crippen LogP contribution >= 0.6 is 0 Å². The zero-order valence-electron chi connectivity index (χ0n) is 15.6. The predicted molar refractivity (Wildman–Crippen MR) is 103 cm³/mol. The van der Waals surface area contributed by atoms with E-state index in [9.17, 15) is 9.59 Å². The Kier molecular flexibility index (Phi) is 7.21. The van der Waals surface area contributed by atoms with Gasteiger partial charge in [0.25, 0.3) is 0 Å². The fourth-order valence-corrected chi connectivity index (χ4v) is 2.64. The summed E-state index contributed by atoms with van der Waals surface area (Å²) in [6.07, 6.45) is 0.228. The minimum atomic E-state index is -0.145. The molecule has 2 aromatic rings. The molecule has 0 unspecified atom stereocenters. The van der Waals surface area contributed by atoms with Crippen molar-refractivity contribution in [3.8, 4) is 5.75 Å². The lowest BCUT2D eigenvalue weighted by atomic mass is 10.1. The second-order valence-electron chi connectivity index (χ2n) is 6.09. The van der Waals surface area contributed by atoms with Gasteiger partial charge in [-0.15, -0.1) is 0 Å². The van der Waals surface area contributed by atoms with Gasteiger partial charge in [-0.25, -0.2) is 0 Å². The highest BCUT2D eigenvalue weighted by atomic mass is 16.5. The predicted octanol–water partition coefficient (Wildman–Crippen LogP) is 3.77. The molecule has 0 bridgehead atoms. The fourth-order valence-electron chi connectivity index (χ4n) is 2.64. The molecular weight excluding hydrogens is 328 g/mol. The first-order chi connectivity index (χ1) is 12.5. The summed E-state index contributed by atoms with van der Waals surface area (Å²) in [5.41, 5.74) is 2.87. The van der Waals surface area contributed by atoms with Crippen molar-refractivity contribution in [2.75, 3.05) is 18.5 Å². The number of hydrogen-bond acceptors (Lipinski definition) is 3. The summed E-state index contributed by atoms with van der Waals surface area (Å²) in [6, 6.07) is 15.3. The van der Waals surface area contributed by atoms with Crippen LogP contribution in [-0.4, -0.2) is 29.9 Å². The van der Waals surface area contributed by atoms with Crippen LogP contribution in [0, 0.1) is 6.92 Å². The monoisotopic (exact) mass is 354 g/mol. The van der Waals surface area contributed by atoms with E-state index in [0.717, 1.165) is 11.1 Å². The molecule has 26 heavy (non-hydrogen) atoms. The van der Waals surface area contributed by atoms with Crippen molar-refractivity contribution in [2.24, 2.45) is 0 Å². The minimum absolute atomic E-state index is 0.0456. The molecule has 0 aliphatic heterocycles. The number of nitrogens with zero attached hydrogens (tertiary/aromatic N) is 1. The molecule has 2 aromatic carbocycles. The molecule has 0 atom stereocenters. The Hall–Kier alpha value is -2.82. The molecule has 2 rings (SSSR count). The number of nitrogens with one attached hydrogen (secondary N) is 1. The topological polar surface area (TPSA) is 58.6 Å². The minimum Gasteiger partial charge on any atom is -0.492 e. The van der Waals surface area contributed by atoms with Gasteiger partial charge in [0.2, 0.25) is 11.8 Å². The Morgan fingerprint density at radius 3 is 2.46 bits per heavy atom. The highest BCUT2D eigenvalue weighted by Gasteiger charge is 2.14. The van der Waals surface area contributed by atoms with Crippen molar-refractivity contribution in [1.29, 1.82) is 0 Å². The zero-order valence-corrected chi connectivity index (χ0v) is 15.6. The lowest BCUT2D eigenvalue weighted by molar-refractivity contribution is -0.129. The molecule has 0 aliphatic carbocycles. The lowest BCUT2D eigenvalue weighted by Crippen LogP contribution is -2.31. The molecule has 0 fully saturated rings. The number of rotatable bonds is 8. The third-order valence-electron chi connectivity index (χ3n) is 4.14. The normalized spacial score (nSPS) is 10.3. The fraction of sp³-hybridized carbons (Fsp3) is 0.333. The molecule has 0 aromatic heterocycles. The Morgan fingerprint density at radius 1 is 1.08 bits per heavy atom. The van der Waals surface area contributed by atoms with Crippen molar-refractivity contribution >= 4 is 17.5 Å². The van der Waals surface area contributed by atoms with E-state index in [0.29, 0.717) is 31.1 Å². The van der Waals surface area contributed by atoms with Gasteiger partial charge in [0, 0.05) is 26.4 Å². The van der Waals surface area contributed by atoms with Crippen LogP contribution in [0.3, 0.4) is 0 Å². The summed E-state index contributed by atoms with van der Waals surface area (Å²) in [6.45, 7) is 6.85. The van der Waals surface area contributed by atoms with Crippen LogP contribution in [0.2, 0.25) is 0 Å². The molecule has 0 radical (unpaired) electrons. The molecule has 5 heteroatoms. The Bertz CT molecular complexity index is 758. The maximum Gasteiger partial charge on any atom is 0.226 e. The molecule has 2 amide bonds. The number of benzene rings is 2. The van der Waals surface area contributed by atoms with Crippen LogP contribution in [0.15, 0.2) is 48.5 Å². The van der Waals surface area contributed by atoms with Crippen molar-refractivity contribution in [3.05, 3.63) is 59.7 Å². The van der Waals surface area contributed by atoms with E-state index in [4.69, 9.17) is 4.74 Å². The molecule has 0 aliphatic rings. The molecule has 1 N–H and O–H groups in total. The van der Waals surface area contributed by atoms with Gasteiger partial charge in [-0.1, -0.05) is 36.4 Å². The average molecular weight is 354 g/mol. The average Bonchev–Trinajstić information content (AvgIpc) is 2.61. The standard InChI is InChI=1S/C21H26N2O3/c1-4-26-20-12-8-7-11-19(20)22-21(25)13-14-23(17(3)24)15-18-10-6-5-9-16(18)2/h5-12H,4,13-15H2,1-3H3,(H,22,25). The zero-order chi connectivity index (χ0) is 18.9. The third-order valence-corrected chi connectivity index (χ3v) is 4.14. The van der Waals surface area contributed by atoms with E-state index in [-0.39, 0.29) is 18.2 Å². The van der Waals surface area contributed by atoms with E-state index >= 15 is 0 Å². The highest BCUT2D eigenvalue weighted by molar-refractivity contribution is 5.92. The quantitative estimate of drug-likeness (QED) is 0.785. The van der Waals surface area contributed by atoms with Gasteiger partial charge in [-0.2, -0.15) is 0 Å². The van der Waals surface area contributed by atoms with Gasteiger partial charge in [0.1, 0.15) is 5.75 Å². The van der Waals surface area contributed by atoms with E-state index in [2.05, 4.69) is 5.32 Å². The number of carbonyl (C=O) groups excluding carboxylic acids is 2. The molecular formula is C21H26N2O3. The van der Waals surface area contributed by atoms with Crippen LogP contribution in [0.25, 0.3) is 0 Å². The molecule has 5 nitrogen and oxygen atoms in total. The summed E-state index contributed by atoms with van der Waals surface area (Å²) in [5.74, 6) is 0.454. The van der Waals surface area contributed by atoms with Crippen LogP contribution in [-0.2, 0) is 16.1 Å². The number of aryl methyl sites for hydroxylation is 1. The van der Waals surface area contributed by atoms with E-state index in [1.807, 2.05) is 56.3 Å². The summed E-state index contributed by atoms with van der Waals surface area (Å²) >= 11 is 0. The van der Waals surface area contributed by atoms with Crippen LogP contribution in [0.4, 0.5) is 5.69 Å². The molecule has 138 valence electrons. The summed E-state index contributed by atoms with van der Waals surface area (Å²) in [5, 5.41) is 2.86. The number of para-hydroxylation sites is 2. The maximum atomic E-state index is 12.3. The molecule has 0 spiro atoms. The number of amides is 2. The largest absolute Gasteiger partial charge is 0.492 e.